The lowest BCUT2D eigenvalue weighted by Crippen LogP contribution is -2.71. The van der Waals surface area contributed by atoms with Crippen LogP contribution < -0.4 is 27.2 Å². The third-order valence-electron chi connectivity index (χ3n) is 6.31. The number of aliphatic carboxylic acids is 1. The van der Waals surface area contributed by atoms with E-state index >= 15 is 0 Å². The normalized spacial score (nSPS) is 18.1. The number of aromatic amines is 1. The Morgan fingerprint density at radius 3 is 2.56 bits per heavy atom. The van der Waals surface area contributed by atoms with Crippen molar-refractivity contribution < 1.29 is 29.1 Å². The van der Waals surface area contributed by atoms with Crippen LogP contribution in [0.3, 0.4) is 0 Å². The molecule has 19 heteroatoms. The van der Waals surface area contributed by atoms with Gasteiger partial charge in [-0.05, 0) is 17.7 Å². The van der Waals surface area contributed by atoms with Crippen LogP contribution in [-0.2, 0) is 14.4 Å². The second-order valence-corrected chi connectivity index (χ2v) is 11.3. The highest BCUT2D eigenvalue weighted by Gasteiger charge is 2.55. The third kappa shape index (κ3) is 5.85. The van der Waals surface area contributed by atoms with Crippen molar-refractivity contribution in [3.63, 3.8) is 0 Å². The van der Waals surface area contributed by atoms with Gasteiger partial charge in [0.25, 0.3) is 17.4 Å². The standard InChI is InChI=1S/C24H19N9O7S3/c25-24(40)29-10-3-1-9(2-4-10)13(30-18(35)11-5-26-7-27-17(11)34)19(36)31-14-21(37)33-15(23(38)39)12(6-42-22(14)33)16(41)20-32-28-8-43-20/h1-5,7-8,13-14,22H,6H2,(H,30,35)(H,31,36)(H,38,39)(H3,25,29,40)(H,26,27,34)/t13?,14?,22-/m0/s1. The lowest BCUT2D eigenvalue weighted by Gasteiger charge is -2.49. The summed E-state index contributed by atoms with van der Waals surface area (Å²) in [5.74, 6) is -3.69. The first-order valence-corrected chi connectivity index (χ1v) is 14.4. The zero-order valence-electron chi connectivity index (χ0n) is 21.5. The average molecular weight is 642 g/mol. The molecule has 220 valence electrons. The van der Waals surface area contributed by atoms with Gasteiger partial charge in [-0.25, -0.2) is 14.6 Å². The highest BCUT2D eigenvalue weighted by molar-refractivity contribution is 8.00. The van der Waals surface area contributed by atoms with E-state index in [0.717, 1.165) is 28.8 Å². The summed E-state index contributed by atoms with van der Waals surface area (Å²) in [6, 6.07) is 2.36. The summed E-state index contributed by atoms with van der Waals surface area (Å²) in [5, 5.41) is 24.5. The number of thioether (sulfide) groups is 1. The van der Waals surface area contributed by atoms with Crippen molar-refractivity contribution in [3.8, 4) is 0 Å². The van der Waals surface area contributed by atoms with Gasteiger partial charge in [-0.15, -0.1) is 22.0 Å². The Labute approximate surface area is 254 Å². The molecular formula is C24H19N9O7S3. The maximum absolute atomic E-state index is 13.6. The number of nitrogens with two attached hydrogens (primary N) is 1. The van der Waals surface area contributed by atoms with Gasteiger partial charge >= 0.3 is 12.0 Å². The first kappa shape index (κ1) is 29.5. The van der Waals surface area contributed by atoms with Crippen LogP contribution in [0.4, 0.5) is 10.5 Å². The highest BCUT2D eigenvalue weighted by atomic mass is 32.2. The smallest absolute Gasteiger partial charge is 0.353 e. The molecule has 7 N–H and O–H groups in total. The zero-order chi connectivity index (χ0) is 30.8. The molecule has 5 rings (SSSR count). The lowest BCUT2D eigenvalue weighted by atomic mass is 9.99. The van der Waals surface area contributed by atoms with Crippen LogP contribution in [0.5, 0.6) is 0 Å². The molecule has 1 fully saturated rings. The van der Waals surface area contributed by atoms with Crippen LogP contribution in [0.1, 0.15) is 27.0 Å². The predicted molar refractivity (Wildman–Crippen MR) is 156 cm³/mol. The van der Waals surface area contributed by atoms with E-state index in [4.69, 9.17) is 18.0 Å². The van der Waals surface area contributed by atoms with Gasteiger partial charge in [0, 0.05) is 23.2 Å². The van der Waals surface area contributed by atoms with Gasteiger partial charge < -0.3 is 31.8 Å². The first-order valence-electron chi connectivity index (χ1n) is 12.1. The van der Waals surface area contributed by atoms with E-state index in [1.807, 2.05) is 0 Å². The Bertz CT molecular complexity index is 1740. The minimum atomic E-state index is -1.42. The molecule has 2 aliphatic rings. The van der Waals surface area contributed by atoms with Crippen LogP contribution in [0, 0.1) is 0 Å². The van der Waals surface area contributed by atoms with Gasteiger partial charge in [0.15, 0.2) is 5.01 Å². The van der Waals surface area contributed by atoms with E-state index in [1.54, 1.807) is 0 Å². The van der Waals surface area contributed by atoms with E-state index in [-0.39, 0.29) is 33.0 Å². The Hall–Kier alpha value is -5.01. The highest BCUT2D eigenvalue weighted by Crippen LogP contribution is 2.41. The van der Waals surface area contributed by atoms with Crippen LogP contribution in [0.2, 0.25) is 0 Å². The number of hydrogen-bond acceptors (Lipinski definition) is 12. The zero-order valence-corrected chi connectivity index (χ0v) is 23.9. The molecular weight excluding hydrogens is 623 g/mol. The van der Waals surface area contributed by atoms with Crippen molar-refractivity contribution in [1.29, 1.82) is 0 Å². The number of H-pyrrole nitrogens is 1. The molecule has 2 aliphatic heterocycles. The molecule has 0 radical (unpaired) electrons. The minimum Gasteiger partial charge on any atom is -0.477 e. The molecule has 0 bridgehead atoms. The maximum Gasteiger partial charge on any atom is 0.353 e. The fraction of sp³-hybridized carbons (Fsp3) is 0.167. The number of carboxylic acid groups (broad SMARTS) is 1. The number of rotatable bonds is 9. The van der Waals surface area contributed by atoms with Gasteiger partial charge in [0.2, 0.25) is 5.91 Å². The van der Waals surface area contributed by atoms with Crippen molar-refractivity contribution in [2.45, 2.75) is 17.5 Å². The predicted octanol–water partition coefficient (Wildman–Crippen LogP) is -0.260. The molecule has 43 heavy (non-hydrogen) atoms. The van der Waals surface area contributed by atoms with E-state index in [1.165, 1.54) is 41.5 Å². The summed E-state index contributed by atoms with van der Waals surface area (Å²) >= 11 is 7.75. The average Bonchev–Trinajstić information content (AvgIpc) is 3.53. The summed E-state index contributed by atoms with van der Waals surface area (Å²) in [4.78, 5) is 82.5. The Balaban J connectivity index is 1.39. The van der Waals surface area contributed by atoms with Crippen molar-refractivity contribution in [1.82, 2.24) is 35.7 Å². The quantitative estimate of drug-likeness (QED) is 0.101. The molecule has 1 aromatic carbocycles. The monoisotopic (exact) mass is 641 g/mol. The molecule has 0 saturated carbocycles. The number of benzene rings is 1. The SMILES string of the molecule is NC(=O)Nc1ccc(C(NC(=O)c2cnc[nH]c2=O)C(=O)NC2C(=O)N3C(C(=O)O)=C(C(=S)c4nncs4)CS[C@@H]23)cc1. The fourth-order valence-electron chi connectivity index (χ4n) is 4.35. The van der Waals surface area contributed by atoms with E-state index in [2.05, 4.69) is 36.1 Å². The maximum atomic E-state index is 13.6. The topological polar surface area (TPSA) is 242 Å². The summed E-state index contributed by atoms with van der Waals surface area (Å²) in [5.41, 5.74) is 5.94. The Kier molecular flexibility index (Phi) is 8.28. The van der Waals surface area contributed by atoms with Gasteiger partial charge in [-0.1, -0.05) is 35.7 Å². The Morgan fingerprint density at radius 1 is 1.19 bits per heavy atom. The van der Waals surface area contributed by atoms with E-state index in [0.29, 0.717) is 10.7 Å². The lowest BCUT2D eigenvalue weighted by molar-refractivity contribution is -0.150. The number of nitrogens with zero attached hydrogens (tertiary/aromatic N) is 4. The van der Waals surface area contributed by atoms with E-state index < -0.39 is 52.7 Å². The number of aromatic nitrogens is 4. The molecule has 1 saturated heterocycles. The van der Waals surface area contributed by atoms with Crippen LogP contribution in [0.15, 0.2) is 58.4 Å². The second-order valence-electron chi connectivity index (χ2n) is 8.91. The summed E-state index contributed by atoms with van der Waals surface area (Å²) < 4.78 is 0. The van der Waals surface area contributed by atoms with Gasteiger partial charge in [0.1, 0.15) is 34.2 Å². The molecule has 2 aromatic heterocycles. The number of nitrogens with one attached hydrogen (secondary N) is 4. The first-order chi connectivity index (χ1) is 20.6. The number of fused-ring (bicyclic) bond motifs is 1. The number of carboxylic acids is 1. The van der Waals surface area contributed by atoms with Crippen LogP contribution >= 0.6 is 35.3 Å². The number of primary amides is 1. The van der Waals surface area contributed by atoms with Crippen molar-refractivity contribution in [3.05, 3.63) is 80.1 Å². The van der Waals surface area contributed by atoms with Gasteiger partial charge in [-0.2, -0.15) is 0 Å². The third-order valence-corrected chi connectivity index (χ3v) is 8.87. The summed E-state index contributed by atoms with van der Waals surface area (Å²) in [7, 11) is 0. The molecule has 0 aliphatic carbocycles. The van der Waals surface area contributed by atoms with Gasteiger partial charge in [-0.3, -0.25) is 24.1 Å². The molecule has 4 heterocycles. The molecule has 3 atom stereocenters. The molecule has 3 aromatic rings. The van der Waals surface area contributed by atoms with Crippen LogP contribution in [0.25, 0.3) is 0 Å². The van der Waals surface area contributed by atoms with Crippen molar-refractivity contribution in [2.24, 2.45) is 5.73 Å². The molecule has 5 amide bonds. The molecule has 16 nitrogen and oxygen atoms in total. The summed E-state index contributed by atoms with van der Waals surface area (Å²) in [6.07, 6.45) is 2.12. The summed E-state index contributed by atoms with van der Waals surface area (Å²) in [6.45, 7) is 0. The number of carbonyl (C=O) groups is 5. The molecule has 2 unspecified atom stereocenters. The van der Waals surface area contributed by atoms with Gasteiger partial charge in [0.05, 0.1) is 11.2 Å². The Morgan fingerprint density at radius 2 is 1.93 bits per heavy atom. The minimum absolute atomic E-state index is 0.124. The largest absolute Gasteiger partial charge is 0.477 e. The van der Waals surface area contributed by atoms with Crippen molar-refractivity contribution >= 4 is 75.6 Å². The number of anilines is 1. The van der Waals surface area contributed by atoms with Crippen LogP contribution in [-0.4, -0.2) is 81.9 Å². The number of β-lactam (4-membered cyclic amide) rings is 1. The molecule has 0 spiro atoms. The number of amides is 5. The fourth-order valence-corrected chi connectivity index (χ4v) is 6.66. The second kappa shape index (κ2) is 12.1. The number of hydrogen-bond donors (Lipinski definition) is 6. The van der Waals surface area contributed by atoms with Crippen molar-refractivity contribution in [2.75, 3.05) is 11.1 Å². The van der Waals surface area contributed by atoms with E-state index in [9.17, 15) is 33.9 Å². The number of carbonyl (C=O) groups excluding carboxylic acids is 4. The number of thiocarbonyl (C=S) groups is 1. The number of urea groups is 1.